The molecule has 3 rings (SSSR count). The topological polar surface area (TPSA) is 35.2 Å². The third-order valence-electron chi connectivity index (χ3n) is 3.99. The molecular formula is C17H17F2NO. The van der Waals surface area contributed by atoms with E-state index in [4.69, 9.17) is 10.5 Å². The van der Waals surface area contributed by atoms with Gasteiger partial charge < -0.3 is 10.5 Å². The number of rotatable bonds is 2. The molecule has 1 atom stereocenters. The summed E-state index contributed by atoms with van der Waals surface area (Å²) >= 11 is 0. The number of halogens is 2. The molecule has 0 saturated heterocycles. The fraction of sp³-hybridized carbons (Fsp3) is 0.294. The van der Waals surface area contributed by atoms with E-state index >= 15 is 0 Å². The molecule has 1 heterocycles. The van der Waals surface area contributed by atoms with E-state index in [0.29, 0.717) is 12.2 Å². The van der Waals surface area contributed by atoms with Gasteiger partial charge in [0.1, 0.15) is 17.4 Å². The maximum Gasteiger partial charge on any atom is 0.131 e. The standard InChI is InChI=1S/C17H17F2NO/c1-17(2)9-21-14-7-6-10(8-11(14)17)16(20)15-12(18)4-3-5-13(15)19/h3-8,16H,9,20H2,1-2H3. The second kappa shape index (κ2) is 4.81. The Balaban J connectivity index is 2.06. The minimum atomic E-state index is -0.840. The van der Waals surface area contributed by atoms with E-state index < -0.39 is 17.7 Å². The van der Waals surface area contributed by atoms with Gasteiger partial charge in [-0.2, -0.15) is 0 Å². The summed E-state index contributed by atoms with van der Waals surface area (Å²) in [5, 5.41) is 0. The molecular weight excluding hydrogens is 272 g/mol. The maximum atomic E-state index is 13.9. The third kappa shape index (κ3) is 2.29. The molecule has 0 bridgehead atoms. The van der Waals surface area contributed by atoms with Crippen LogP contribution in [0, 0.1) is 11.6 Å². The summed E-state index contributed by atoms with van der Waals surface area (Å²) in [6, 6.07) is 8.40. The first kappa shape index (κ1) is 14.0. The summed E-state index contributed by atoms with van der Waals surface area (Å²) in [7, 11) is 0. The largest absolute Gasteiger partial charge is 0.492 e. The summed E-state index contributed by atoms with van der Waals surface area (Å²) in [6.45, 7) is 4.73. The van der Waals surface area contributed by atoms with E-state index in [1.54, 1.807) is 6.07 Å². The van der Waals surface area contributed by atoms with Gasteiger partial charge in [-0.15, -0.1) is 0 Å². The molecule has 1 aliphatic heterocycles. The van der Waals surface area contributed by atoms with Crippen LogP contribution in [0.3, 0.4) is 0 Å². The molecule has 0 amide bonds. The van der Waals surface area contributed by atoms with E-state index in [0.717, 1.165) is 11.3 Å². The quantitative estimate of drug-likeness (QED) is 0.915. The Morgan fingerprint density at radius 2 is 1.81 bits per heavy atom. The van der Waals surface area contributed by atoms with Crippen molar-refractivity contribution in [2.24, 2.45) is 5.73 Å². The van der Waals surface area contributed by atoms with Crippen LogP contribution >= 0.6 is 0 Å². The molecule has 4 heteroatoms. The lowest BCUT2D eigenvalue weighted by Crippen LogP contribution is -2.20. The Labute approximate surface area is 122 Å². The lowest BCUT2D eigenvalue weighted by molar-refractivity contribution is 0.291. The molecule has 21 heavy (non-hydrogen) atoms. The van der Waals surface area contributed by atoms with Crippen LogP contribution in [-0.4, -0.2) is 6.61 Å². The van der Waals surface area contributed by atoms with Gasteiger partial charge in [-0.3, -0.25) is 0 Å². The number of benzene rings is 2. The zero-order valence-electron chi connectivity index (χ0n) is 12.0. The van der Waals surface area contributed by atoms with Crippen molar-refractivity contribution >= 4 is 0 Å². The van der Waals surface area contributed by atoms with E-state index in [1.807, 2.05) is 12.1 Å². The summed E-state index contributed by atoms with van der Waals surface area (Å²) in [5.74, 6) is -0.443. The van der Waals surface area contributed by atoms with Gasteiger partial charge in [0, 0.05) is 16.5 Å². The average molecular weight is 289 g/mol. The Hall–Kier alpha value is -1.94. The molecule has 1 aliphatic rings. The summed E-state index contributed by atoms with van der Waals surface area (Å²) in [5.41, 5.74) is 7.55. The second-order valence-electron chi connectivity index (χ2n) is 6.04. The number of hydrogen-bond acceptors (Lipinski definition) is 2. The van der Waals surface area contributed by atoms with E-state index in [-0.39, 0.29) is 11.0 Å². The van der Waals surface area contributed by atoms with Crippen molar-refractivity contribution in [1.82, 2.24) is 0 Å². The van der Waals surface area contributed by atoms with Crippen molar-refractivity contribution < 1.29 is 13.5 Å². The molecule has 1 unspecified atom stereocenters. The van der Waals surface area contributed by atoms with Crippen LogP contribution in [0.15, 0.2) is 36.4 Å². The highest BCUT2D eigenvalue weighted by Gasteiger charge is 2.32. The number of fused-ring (bicyclic) bond motifs is 1. The highest BCUT2D eigenvalue weighted by molar-refractivity contribution is 5.47. The highest BCUT2D eigenvalue weighted by atomic mass is 19.1. The molecule has 0 aromatic heterocycles. The van der Waals surface area contributed by atoms with Gasteiger partial charge in [0.2, 0.25) is 0 Å². The van der Waals surface area contributed by atoms with Crippen molar-refractivity contribution in [3.63, 3.8) is 0 Å². The molecule has 2 aromatic carbocycles. The van der Waals surface area contributed by atoms with Crippen LogP contribution in [0.2, 0.25) is 0 Å². The summed E-state index contributed by atoms with van der Waals surface area (Å²) < 4.78 is 33.3. The first-order valence-electron chi connectivity index (χ1n) is 6.87. The van der Waals surface area contributed by atoms with Gasteiger partial charge in [0.15, 0.2) is 0 Å². The van der Waals surface area contributed by atoms with Gasteiger partial charge in [-0.25, -0.2) is 8.78 Å². The molecule has 2 nitrogen and oxygen atoms in total. The SMILES string of the molecule is CC1(C)COc2ccc(C(N)c3c(F)cccc3F)cc21. The molecule has 0 saturated carbocycles. The smallest absolute Gasteiger partial charge is 0.131 e. The first-order valence-corrected chi connectivity index (χ1v) is 6.87. The predicted octanol–water partition coefficient (Wildman–Crippen LogP) is 3.68. The fourth-order valence-corrected chi connectivity index (χ4v) is 2.71. The minimum Gasteiger partial charge on any atom is -0.492 e. The fourth-order valence-electron chi connectivity index (χ4n) is 2.71. The van der Waals surface area contributed by atoms with Crippen molar-refractivity contribution in [2.45, 2.75) is 25.3 Å². The molecule has 0 spiro atoms. The Bertz CT molecular complexity index is 677. The second-order valence-corrected chi connectivity index (χ2v) is 6.04. The lowest BCUT2D eigenvalue weighted by atomic mass is 9.85. The predicted molar refractivity (Wildman–Crippen MR) is 77.4 cm³/mol. The molecule has 0 aliphatic carbocycles. The van der Waals surface area contributed by atoms with Crippen LogP contribution < -0.4 is 10.5 Å². The Morgan fingerprint density at radius 3 is 2.48 bits per heavy atom. The first-order chi connectivity index (χ1) is 9.90. The summed E-state index contributed by atoms with van der Waals surface area (Å²) in [6.07, 6.45) is 0. The van der Waals surface area contributed by atoms with Gasteiger partial charge in [0.05, 0.1) is 12.6 Å². The van der Waals surface area contributed by atoms with Gasteiger partial charge >= 0.3 is 0 Å². The van der Waals surface area contributed by atoms with Crippen LogP contribution in [0.1, 0.15) is 36.6 Å². The van der Waals surface area contributed by atoms with Gasteiger partial charge in [-0.1, -0.05) is 26.0 Å². The molecule has 2 aromatic rings. The van der Waals surface area contributed by atoms with E-state index in [9.17, 15) is 8.78 Å². The average Bonchev–Trinajstić information content (AvgIpc) is 2.74. The third-order valence-corrected chi connectivity index (χ3v) is 3.99. The normalized spacial score (nSPS) is 17.2. The monoisotopic (exact) mass is 289 g/mol. The number of ether oxygens (including phenoxy) is 1. The maximum absolute atomic E-state index is 13.9. The van der Waals surface area contributed by atoms with E-state index in [1.165, 1.54) is 18.2 Å². The van der Waals surface area contributed by atoms with Crippen molar-refractivity contribution in [3.05, 3.63) is 64.7 Å². The van der Waals surface area contributed by atoms with Crippen molar-refractivity contribution in [3.8, 4) is 5.75 Å². The Kier molecular flexibility index (Phi) is 3.21. The molecule has 0 radical (unpaired) electrons. The van der Waals surface area contributed by atoms with Gasteiger partial charge in [0.25, 0.3) is 0 Å². The van der Waals surface area contributed by atoms with Crippen LogP contribution in [-0.2, 0) is 5.41 Å². The van der Waals surface area contributed by atoms with Crippen molar-refractivity contribution in [1.29, 1.82) is 0 Å². The minimum absolute atomic E-state index is 0.103. The highest BCUT2D eigenvalue weighted by Crippen LogP contribution is 2.40. The molecule has 110 valence electrons. The molecule has 2 N–H and O–H groups in total. The van der Waals surface area contributed by atoms with Crippen LogP contribution in [0.5, 0.6) is 5.75 Å². The summed E-state index contributed by atoms with van der Waals surface area (Å²) in [4.78, 5) is 0. The number of hydrogen-bond donors (Lipinski definition) is 1. The lowest BCUT2D eigenvalue weighted by Gasteiger charge is -2.19. The zero-order chi connectivity index (χ0) is 15.2. The van der Waals surface area contributed by atoms with Gasteiger partial charge in [-0.05, 0) is 29.8 Å². The van der Waals surface area contributed by atoms with Crippen molar-refractivity contribution in [2.75, 3.05) is 6.61 Å². The Morgan fingerprint density at radius 1 is 1.14 bits per heavy atom. The van der Waals surface area contributed by atoms with Crippen LogP contribution in [0.25, 0.3) is 0 Å². The van der Waals surface area contributed by atoms with E-state index in [2.05, 4.69) is 13.8 Å². The van der Waals surface area contributed by atoms with Crippen LogP contribution in [0.4, 0.5) is 8.78 Å². The molecule has 0 fully saturated rings. The zero-order valence-corrected chi connectivity index (χ0v) is 12.0. The number of nitrogens with two attached hydrogens (primary N) is 1.